The van der Waals surface area contributed by atoms with Crippen LogP contribution in [0.4, 0.5) is 0 Å². The van der Waals surface area contributed by atoms with Gasteiger partial charge in [0.05, 0.1) is 25.7 Å². The number of amides is 1. The van der Waals surface area contributed by atoms with Crippen molar-refractivity contribution in [3.8, 4) is 5.75 Å². The number of carbonyl (C=O) groups excluding carboxylic acids is 1. The number of para-hydroxylation sites is 2. The fourth-order valence-corrected chi connectivity index (χ4v) is 6.37. The summed E-state index contributed by atoms with van der Waals surface area (Å²) >= 11 is 0. The van der Waals surface area contributed by atoms with Gasteiger partial charge in [0.2, 0.25) is 5.91 Å². The number of hydrogen-bond acceptors (Lipinski definition) is 5. The Morgan fingerprint density at radius 2 is 1.64 bits per heavy atom. The molecule has 0 aliphatic carbocycles. The maximum Gasteiger partial charge on any atom is 0.237 e. The van der Waals surface area contributed by atoms with Crippen LogP contribution in [0.5, 0.6) is 5.75 Å². The van der Waals surface area contributed by atoms with Gasteiger partial charge in [-0.15, -0.1) is 10.2 Å². The summed E-state index contributed by atoms with van der Waals surface area (Å²) in [5.74, 6) is 2.46. The molecule has 0 spiro atoms. The van der Waals surface area contributed by atoms with Gasteiger partial charge in [-0.25, -0.2) is 0 Å². The van der Waals surface area contributed by atoms with E-state index < -0.39 is 0 Å². The highest BCUT2D eigenvalue weighted by Crippen LogP contribution is 2.27. The monoisotopic (exact) mass is 587 g/mol. The minimum Gasteiger partial charge on any atom is -0.497 e. The summed E-state index contributed by atoms with van der Waals surface area (Å²) < 4.78 is 7.59. The fraction of sp³-hybridized carbons (Fsp3) is 0.286. The standard InChI is InChI=1S/C35H37N7O2/c1-44-26-15-12-23(13-16-26)22-42-33(17-14-24-20-37-29-9-4-2-7-27(24)29)40-41-34(42)32(39-35(43)31-11-6-18-36-31)19-25-21-38-30-10-5-3-8-28(25)30/h2-5,7-10,12-13,15-16,20-21,31-32,36-38H,6,11,14,17-19,22H2,1H3,(H,39,43)/t31-,32-/m0/s1. The average Bonchev–Trinajstić information content (AvgIpc) is 3.88. The smallest absolute Gasteiger partial charge is 0.237 e. The van der Waals surface area contributed by atoms with Crippen LogP contribution in [-0.2, 0) is 30.6 Å². The third-order valence-corrected chi connectivity index (χ3v) is 8.75. The third-order valence-electron chi connectivity index (χ3n) is 8.75. The maximum atomic E-state index is 13.5. The summed E-state index contributed by atoms with van der Waals surface area (Å²) in [6.45, 7) is 1.44. The molecule has 0 unspecified atom stereocenters. The highest BCUT2D eigenvalue weighted by atomic mass is 16.5. The number of hydrogen-bond donors (Lipinski definition) is 4. The minimum absolute atomic E-state index is 0.00619. The number of rotatable bonds is 11. The first-order chi connectivity index (χ1) is 21.7. The summed E-state index contributed by atoms with van der Waals surface area (Å²) in [7, 11) is 1.67. The summed E-state index contributed by atoms with van der Waals surface area (Å²) in [4.78, 5) is 20.3. The second-order valence-electron chi connectivity index (χ2n) is 11.5. The first-order valence-corrected chi connectivity index (χ1v) is 15.3. The lowest BCUT2D eigenvalue weighted by molar-refractivity contribution is -0.123. The molecule has 0 saturated carbocycles. The molecule has 9 heteroatoms. The van der Waals surface area contributed by atoms with E-state index in [0.29, 0.717) is 19.4 Å². The van der Waals surface area contributed by atoms with Gasteiger partial charge in [-0.05, 0) is 66.8 Å². The Morgan fingerprint density at radius 3 is 2.34 bits per heavy atom. The van der Waals surface area contributed by atoms with E-state index in [1.807, 2.05) is 36.5 Å². The Kier molecular flexibility index (Phi) is 7.85. The van der Waals surface area contributed by atoms with Crippen molar-refractivity contribution in [3.63, 3.8) is 0 Å². The molecule has 3 aromatic carbocycles. The van der Waals surface area contributed by atoms with Crippen molar-refractivity contribution in [1.82, 2.24) is 35.4 Å². The molecule has 1 aliphatic heterocycles. The Morgan fingerprint density at radius 1 is 0.932 bits per heavy atom. The number of aryl methyl sites for hydroxylation is 2. The van der Waals surface area contributed by atoms with Crippen LogP contribution >= 0.6 is 0 Å². The molecule has 4 heterocycles. The summed E-state index contributed by atoms with van der Waals surface area (Å²) in [5.41, 5.74) is 5.69. The zero-order valence-electron chi connectivity index (χ0n) is 24.8. The molecule has 1 amide bonds. The van der Waals surface area contributed by atoms with Crippen molar-refractivity contribution in [3.05, 3.63) is 114 Å². The quantitative estimate of drug-likeness (QED) is 0.166. The predicted octanol–water partition coefficient (Wildman–Crippen LogP) is 5.23. The number of H-pyrrole nitrogens is 2. The molecule has 44 heavy (non-hydrogen) atoms. The molecule has 4 N–H and O–H groups in total. The lowest BCUT2D eigenvalue weighted by atomic mass is 10.0. The largest absolute Gasteiger partial charge is 0.497 e. The molecule has 0 radical (unpaired) electrons. The SMILES string of the molecule is COc1ccc(Cn2c(CCc3c[nH]c4ccccc34)nnc2[C@H](Cc2c[nH]c3ccccc23)NC(=O)[C@@H]2CCCN2)cc1. The van der Waals surface area contributed by atoms with E-state index >= 15 is 0 Å². The Bertz CT molecular complexity index is 1880. The molecule has 1 fully saturated rings. The fourth-order valence-electron chi connectivity index (χ4n) is 6.37. The Labute approximate surface area is 256 Å². The van der Waals surface area contributed by atoms with Crippen LogP contribution in [-0.4, -0.2) is 50.3 Å². The zero-order valence-corrected chi connectivity index (χ0v) is 24.8. The zero-order chi connectivity index (χ0) is 29.9. The number of nitrogens with zero attached hydrogens (tertiary/aromatic N) is 3. The average molecular weight is 588 g/mol. The maximum absolute atomic E-state index is 13.5. The molecular formula is C35H37N7O2. The molecule has 6 aromatic rings. The number of benzene rings is 3. The van der Waals surface area contributed by atoms with E-state index in [0.717, 1.165) is 70.8 Å². The van der Waals surface area contributed by atoms with Crippen LogP contribution in [0.1, 0.15) is 47.2 Å². The molecule has 7 rings (SSSR count). The van der Waals surface area contributed by atoms with E-state index in [2.05, 4.69) is 73.8 Å². The lowest BCUT2D eigenvalue weighted by Crippen LogP contribution is -2.43. The summed E-state index contributed by atoms with van der Waals surface area (Å²) in [6.07, 6.45) is 8.08. The van der Waals surface area contributed by atoms with E-state index in [4.69, 9.17) is 14.9 Å². The molecule has 224 valence electrons. The number of fused-ring (bicyclic) bond motifs is 2. The van der Waals surface area contributed by atoms with Crippen molar-refractivity contribution < 1.29 is 9.53 Å². The van der Waals surface area contributed by atoms with Crippen molar-refractivity contribution in [2.45, 2.75) is 50.7 Å². The number of methoxy groups -OCH3 is 1. The van der Waals surface area contributed by atoms with Crippen molar-refractivity contribution in [2.75, 3.05) is 13.7 Å². The van der Waals surface area contributed by atoms with Crippen LogP contribution < -0.4 is 15.4 Å². The highest BCUT2D eigenvalue weighted by molar-refractivity contribution is 5.84. The number of ether oxygens (including phenoxy) is 1. The topological polar surface area (TPSA) is 113 Å². The Balaban J connectivity index is 1.25. The molecule has 9 nitrogen and oxygen atoms in total. The third kappa shape index (κ3) is 5.70. The van der Waals surface area contributed by atoms with Gasteiger partial charge in [-0.1, -0.05) is 48.5 Å². The van der Waals surface area contributed by atoms with Crippen molar-refractivity contribution in [1.29, 1.82) is 0 Å². The van der Waals surface area contributed by atoms with Crippen molar-refractivity contribution in [2.24, 2.45) is 0 Å². The van der Waals surface area contributed by atoms with Gasteiger partial charge in [0.1, 0.15) is 11.6 Å². The van der Waals surface area contributed by atoms with Gasteiger partial charge in [-0.3, -0.25) is 4.79 Å². The molecule has 1 saturated heterocycles. The van der Waals surface area contributed by atoms with Gasteiger partial charge in [0.15, 0.2) is 5.82 Å². The van der Waals surface area contributed by atoms with Crippen LogP contribution in [0.2, 0.25) is 0 Å². The van der Waals surface area contributed by atoms with Gasteiger partial charge < -0.3 is 29.9 Å². The summed E-state index contributed by atoms with van der Waals surface area (Å²) in [6, 6.07) is 24.2. The van der Waals surface area contributed by atoms with Gasteiger partial charge in [0, 0.05) is 47.0 Å². The lowest BCUT2D eigenvalue weighted by Gasteiger charge is -2.22. The number of aromatic nitrogens is 5. The number of aromatic amines is 2. The van der Waals surface area contributed by atoms with Crippen LogP contribution in [0.3, 0.4) is 0 Å². The second kappa shape index (κ2) is 12.4. The first kappa shape index (κ1) is 27.9. The van der Waals surface area contributed by atoms with Crippen LogP contribution in [0.15, 0.2) is 85.2 Å². The van der Waals surface area contributed by atoms with E-state index in [9.17, 15) is 4.79 Å². The van der Waals surface area contributed by atoms with Gasteiger partial charge in [-0.2, -0.15) is 0 Å². The normalized spacial score (nSPS) is 15.6. The van der Waals surface area contributed by atoms with Crippen LogP contribution in [0.25, 0.3) is 21.8 Å². The number of nitrogens with one attached hydrogen (secondary N) is 4. The number of carbonyl (C=O) groups is 1. The highest BCUT2D eigenvalue weighted by Gasteiger charge is 2.29. The van der Waals surface area contributed by atoms with Crippen LogP contribution in [0, 0.1) is 0 Å². The van der Waals surface area contributed by atoms with Gasteiger partial charge in [0.25, 0.3) is 0 Å². The van der Waals surface area contributed by atoms with E-state index in [-0.39, 0.29) is 18.0 Å². The predicted molar refractivity (Wildman–Crippen MR) is 172 cm³/mol. The van der Waals surface area contributed by atoms with Crippen molar-refractivity contribution >= 4 is 27.7 Å². The first-order valence-electron chi connectivity index (χ1n) is 15.3. The molecule has 0 bridgehead atoms. The summed E-state index contributed by atoms with van der Waals surface area (Å²) in [5, 5.41) is 18.6. The van der Waals surface area contributed by atoms with E-state index in [1.165, 1.54) is 10.9 Å². The molecule has 3 aromatic heterocycles. The molecule has 1 aliphatic rings. The Hall–Kier alpha value is -4.89. The minimum atomic E-state index is -0.364. The van der Waals surface area contributed by atoms with E-state index in [1.54, 1.807) is 7.11 Å². The molecule has 2 atom stereocenters. The second-order valence-corrected chi connectivity index (χ2v) is 11.5. The van der Waals surface area contributed by atoms with Gasteiger partial charge >= 0.3 is 0 Å². The molecular weight excluding hydrogens is 550 g/mol.